The average Bonchev–Trinajstić information content (AvgIpc) is 2.29. The second-order valence-electron chi connectivity index (χ2n) is 3.73. The maximum atomic E-state index is 11.5. The zero-order valence-corrected chi connectivity index (χ0v) is 10.7. The van der Waals surface area contributed by atoms with Crippen LogP contribution in [0.4, 0.5) is 0 Å². The Balaban J connectivity index is 2.86. The lowest BCUT2D eigenvalue weighted by atomic mass is 10.1. The summed E-state index contributed by atoms with van der Waals surface area (Å²) in [4.78, 5) is 11.6. The van der Waals surface area contributed by atoms with Gasteiger partial charge in [0.25, 0.3) is 0 Å². The molecule has 6 heteroatoms. The van der Waals surface area contributed by atoms with Crippen LogP contribution in [0.5, 0.6) is 0 Å². The monoisotopic (exact) mass is 256 g/mol. The van der Waals surface area contributed by atoms with Crippen LogP contribution < -0.4 is 5.84 Å². The molecule has 0 aliphatic heterocycles. The molecule has 5 nitrogen and oxygen atoms in total. The zero-order chi connectivity index (χ0) is 13.1. The Morgan fingerprint density at radius 2 is 1.82 bits per heavy atom. The number of amides is 1. The smallest absolute Gasteiger partial charge is 0.240 e. The van der Waals surface area contributed by atoms with Gasteiger partial charge in [0.15, 0.2) is 9.84 Å². The minimum absolute atomic E-state index is 0.0663. The second kappa shape index (κ2) is 5.29. The molecule has 0 unspecified atom stereocenters. The summed E-state index contributed by atoms with van der Waals surface area (Å²) >= 11 is 0. The first-order chi connectivity index (χ1) is 7.86. The van der Waals surface area contributed by atoms with E-state index in [1.165, 1.54) is 19.2 Å². The van der Waals surface area contributed by atoms with Crippen LogP contribution in [0, 0.1) is 0 Å². The third-order valence-electron chi connectivity index (χ3n) is 2.41. The summed E-state index contributed by atoms with van der Waals surface area (Å²) in [5.74, 6) is 5.13. The van der Waals surface area contributed by atoms with Crippen molar-refractivity contribution in [3.63, 3.8) is 0 Å². The largest absolute Gasteiger partial charge is 0.284 e. The van der Waals surface area contributed by atoms with E-state index in [1.807, 2.05) is 0 Å². The number of likely N-dealkylation sites (N-methyl/N-ethyl adjacent to an activating group) is 1. The van der Waals surface area contributed by atoms with E-state index in [0.29, 0.717) is 0 Å². The van der Waals surface area contributed by atoms with Gasteiger partial charge in [-0.2, -0.15) is 0 Å². The number of rotatable bonds is 4. The molecule has 0 radical (unpaired) electrons. The predicted octanol–water partition coefficient (Wildman–Crippen LogP) is 0.355. The van der Waals surface area contributed by atoms with E-state index in [-0.39, 0.29) is 23.0 Å². The fraction of sp³-hybridized carbons (Fsp3) is 0.364. The number of sulfone groups is 1. The van der Waals surface area contributed by atoms with E-state index >= 15 is 0 Å². The summed E-state index contributed by atoms with van der Waals surface area (Å²) in [5, 5.41) is 1.01. The van der Waals surface area contributed by atoms with Crippen LogP contribution in [0.25, 0.3) is 0 Å². The van der Waals surface area contributed by atoms with E-state index in [2.05, 4.69) is 0 Å². The lowest BCUT2D eigenvalue weighted by Gasteiger charge is -2.09. The first-order valence-corrected chi connectivity index (χ1v) is 6.85. The molecule has 1 rings (SSSR count). The van der Waals surface area contributed by atoms with Crippen LogP contribution in [0.3, 0.4) is 0 Å². The van der Waals surface area contributed by atoms with Crippen molar-refractivity contribution in [2.45, 2.75) is 18.2 Å². The van der Waals surface area contributed by atoms with Crippen molar-refractivity contribution in [2.24, 2.45) is 5.84 Å². The molecule has 0 spiro atoms. The molecule has 0 bridgehead atoms. The van der Waals surface area contributed by atoms with Crippen molar-refractivity contribution < 1.29 is 13.2 Å². The Bertz CT molecular complexity index is 492. The lowest BCUT2D eigenvalue weighted by molar-refractivity contribution is -0.129. The average molecular weight is 256 g/mol. The van der Waals surface area contributed by atoms with Crippen molar-refractivity contribution in [3.8, 4) is 0 Å². The van der Waals surface area contributed by atoms with Gasteiger partial charge < -0.3 is 0 Å². The molecule has 0 saturated heterocycles. The topological polar surface area (TPSA) is 80.5 Å². The third kappa shape index (κ3) is 3.54. The highest BCUT2D eigenvalue weighted by Crippen LogP contribution is 2.12. The molecule has 0 aromatic heterocycles. The second-order valence-corrected chi connectivity index (χ2v) is 6.01. The summed E-state index contributed by atoms with van der Waals surface area (Å²) in [6.07, 6.45) is 0.166. The molecule has 17 heavy (non-hydrogen) atoms. The summed E-state index contributed by atoms with van der Waals surface area (Å²) < 4.78 is 23.1. The number of nitrogens with two attached hydrogens (primary N) is 1. The van der Waals surface area contributed by atoms with Crippen molar-refractivity contribution in [3.05, 3.63) is 29.8 Å². The fourth-order valence-electron chi connectivity index (χ4n) is 1.28. The molecule has 0 heterocycles. The molecule has 1 amide bonds. The minimum Gasteiger partial charge on any atom is -0.284 e. The van der Waals surface area contributed by atoms with Gasteiger partial charge in [0.05, 0.1) is 17.1 Å². The Kier molecular flexibility index (Phi) is 4.25. The Hall–Kier alpha value is -1.40. The first-order valence-electron chi connectivity index (χ1n) is 5.19. The van der Waals surface area contributed by atoms with E-state index < -0.39 is 9.84 Å². The number of hydrogen-bond donors (Lipinski definition) is 1. The van der Waals surface area contributed by atoms with Crippen molar-refractivity contribution in [2.75, 3.05) is 12.8 Å². The van der Waals surface area contributed by atoms with Crippen LogP contribution in [0.1, 0.15) is 12.5 Å². The fourth-order valence-corrected chi connectivity index (χ4v) is 2.16. The number of carbonyl (C=O) groups is 1. The van der Waals surface area contributed by atoms with Crippen LogP contribution in [-0.2, 0) is 21.1 Å². The van der Waals surface area contributed by atoms with Crippen molar-refractivity contribution in [1.29, 1.82) is 0 Å². The van der Waals surface area contributed by atoms with Crippen LogP contribution in [-0.4, -0.2) is 32.1 Å². The molecule has 0 atom stereocenters. The van der Waals surface area contributed by atoms with Gasteiger partial charge in [-0.15, -0.1) is 0 Å². The molecular formula is C11H16N2O3S. The van der Waals surface area contributed by atoms with Crippen LogP contribution in [0.15, 0.2) is 29.2 Å². The molecule has 1 aromatic carbocycles. The maximum absolute atomic E-state index is 11.5. The first kappa shape index (κ1) is 13.7. The molecular weight excluding hydrogens is 240 g/mol. The summed E-state index contributed by atoms with van der Waals surface area (Å²) in [7, 11) is -1.71. The van der Waals surface area contributed by atoms with Gasteiger partial charge in [-0.05, 0) is 17.7 Å². The molecule has 2 N–H and O–H groups in total. The maximum Gasteiger partial charge on any atom is 0.240 e. The number of hydrogen-bond acceptors (Lipinski definition) is 4. The zero-order valence-electron chi connectivity index (χ0n) is 9.88. The number of carbonyl (C=O) groups excluding carboxylic acids is 1. The molecule has 0 saturated carbocycles. The summed E-state index contributed by atoms with van der Waals surface area (Å²) in [6.45, 7) is 1.59. The minimum atomic E-state index is -3.18. The van der Waals surface area contributed by atoms with Gasteiger partial charge in [-0.25, -0.2) is 14.3 Å². The lowest BCUT2D eigenvalue weighted by Crippen LogP contribution is -2.34. The third-order valence-corrected chi connectivity index (χ3v) is 4.16. The normalized spacial score (nSPS) is 11.2. The summed E-state index contributed by atoms with van der Waals surface area (Å²) in [5.41, 5.74) is 0.738. The van der Waals surface area contributed by atoms with Crippen LogP contribution >= 0.6 is 0 Å². The highest BCUT2D eigenvalue weighted by molar-refractivity contribution is 7.91. The van der Waals surface area contributed by atoms with Gasteiger partial charge in [-0.1, -0.05) is 19.1 Å². The van der Waals surface area contributed by atoms with E-state index in [0.717, 1.165) is 10.6 Å². The van der Waals surface area contributed by atoms with Gasteiger partial charge in [0.1, 0.15) is 0 Å². The SMILES string of the molecule is CCS(=O)(=O)c1ccc(CC(=O)N(C)N)cc1. The van der Waals surface area contributed by atoms with E-state index in [4.69, 9.17) is 5.84 Å². The summed E-state index contributed by atoms with van der Waals surface area (Å²) in [6, 6.07) is 6.28. The van der Waals surface area contributed by atoms with E-state index in [9.17, 15) is 13.2 Å². The Morgan fingerprint density at radius 3 is 2.24 bits per heavy atom. The number of hydrazine groups is 1. The molecule has 0 fully saturated rings. The Morgan fingerprint density at radius 1 is 1.29 bits per heavy atom. The highest BCUT2D eigenvalue weighted by atomic mass is 32.2. The van der Waals surface area contributed by atoms with Gasteiger partial charge in [-0.3, -0.25) is 9.80 Å². The highest BCUT2D eigenvalue weighted by Gasteiger charge is 2.12. The van der Waals surface area contributed by atoms with Gasteiger partial charge >= 0.3 is 0 Å². The van der Waals surface area contributed by atoms with Gasteiger partial charge in [0, 0.05) is 7.05 Å². The quantitative estimate of drug-likeness (QED) is 0.479. The number of nitrogens with zero attached hydrogens (tertiary/aromatic N) is 1. The molecule has 0 aliphatic carbocycles. The molecule has 94 valence electrons. The van der Waals surface area contributed by atoms with Gasteiger partial charge in [0.2, 0.25) is 5.91 Å². The molecule has 0 aliphatic rings. The van der Waals surface area contributed by atoms with Crippen molar-refractivity contribution in [1.82, 2.24) is 5.01 Å². The predicted molar refractivity (Wildman–Crippen MR) is 64.8 cm³/mol. The van der Waals surface area contributed by atoms with Crippen LogP contribution in [0.2, 0.25) is 0 Å². The van der Waals surface area contributed by atoms with Crippen molar-refractivity contribution >= 4 is 15.7 Å². The molecule has 1 aromatic rings. The Labute approximate surface area is 101 Å². The number of benzene rings is 1. The van der Waals surface area contributed by atoms with E-state index in [1.54, 1.807) is 19.1 Å². The standard InChI is InChI=1S/C11H16N2O3S/c1-3-17(15,16)10-6-4-9(5-7-10)8-11(14)13(2)12/h4-7H,3,8,12H2,1-2H3.